The van der Waals surface area contributed by atoms with E-state index in [9.17, 15) is 10.1 Å². The largest absolute Gasteiger partial charge is 0.489 e. The fourth-order valence-corrected chi connectivity index (χ4v) is 4.08. The van der Waals surface area contributed by atoms with Crippen molar-refractivity contribution in [3.8, 4) is 5.75 Å². The smallest absolute Gasteiger partial charge is 0.269 e. The molecule has 2 aromatic rings. The lowest BCUT2D eigenvalue weighted by molar-refractivity contribution is -0.384. The average molecular weight is 350 g/mol. The lowest BCUT2D eigenvalue weighted by atomic mass is 9.77. The minimum atomic E-state index is -0.359. The van der Waals surface area contributed by atoms with Crippen LogP contribution in [0.25, 0.3) is 0 Å². The topological polar surface area (TPSA) is 64.4 Å². The zero-order valence-corrected chi connectivity index (χ0v) is 14.9. The van der Waals surface area contributed by atoms with Crippen molar-refractivity contribution in [2.75, 3.05) is 5.32 Å². The SMILES string of the molecule is CC(C)Oc1cccc2c1NC(c1ccc([N+](=O)[O-])cc1)C1CC=CC21. The van der Waals surface area contributed by atoms with Crippen LogP contribution in [0.2, 0.25) is 0 Å². The number of non-ortho nitro benzene ring substituents is 1. The van der Waals surface area contributed by atoms with Gasteiger partial charge in [0, 0.05) is 18.1 Å². The third-order valence-corrected chi connectivity index (χ3v) is 5.18. The average Bonchev–Trinajstić information content (AvgIpc) is 3.11. The number of benzene rings is 2. The Kier molecular flexibility index (Phi) is 4.15. The number of hydrogen-bond acceptors (Lipinski definition) is 4. The Balaban J connectivity index is 1.74. The van der Waals surface area contributed by atoms with Gasteiger partial charge < -0.3 is 10.1 Å². The minimum Gasteiger partial charge on any atom is -0.489 e. The molecule has 5 heteroatoms. The van der Waals surface area contributed by atoms with Crippen LogP contribution in [-0.2, 0) is 0 Å². The Morgan fingerprint density at radius 3 is 2.65 bits per heavy atom. The molecule has 1 aliphatic carbocycles. The number of rotatable bonds is 4. The van der Waals surface area contributed by atoms with Gasteiger partial charge >= 0.3 is 0 Å². The second-order valence-corrected chi connectivity index (χ2v) is 7.21. The van der Waals surface area contributed by atoms with E-state index in [2.05, 4.69) is 23.5 Å². The first kappa shape index (κ1) is 16.6. The van der Waals surface area contributed by atoms with Gasteiger partial charge in [0.05, 0.1) is 22.8 Å². The van der Waals surface area contributed by atoms with Crippen molar-refractivity contribution in [3.05, 3.63) is 75.9 Å². The highest BCUT2D eigenvalue weighted by Crippen LogP contribution is 2.52. The molecule has 0 fully saturated rings. The Labute approximate surface area is 152 Å². The maximum absolute atomic E-state index is 10.9. The summed E-state index contributed by atoms with van der Waals surface area (Å²) in [6, 6.07) is 13.2. The van der Waals surface area contributed by atoms with Gasteiger partial charge in [-0.1, -0.05) is 36.4 Å². The number of allylic oxidation sites excluding steroid dienone is 2. The summed E-state index contributed by atoms with van der Waals surface area (Å²) in [5.74, 6) is 1.60. The monoisotopic (exact) mass is 350 g/mol. The molecule has 0 aromatic heterocycles. The summed E-state index contributed by atoms with van der Waals surface area (Å²) < 4.78 is 6.02. The van der Waals surface area contributed by atoms with Crippen molar-refractivity contribution >= 4 is 11.4 Å². The third-order valence-electron chi connectivity index (χ3n) is 5.18. The lowest BCUT2D eigenvalue weighted by Crippen LogP contribution is -2.29. The number of nitrogens with one attached hydrogen (secondary N) is 1. The number of fused-ring (bicyclic) bond motifs is 3. The zero-order valence-electron chi connectivity index (χ0n) is 14.9. The van der Waals surface area contributed by atoms with E-state index < -0.39 is 0 Å². The molecule has 2 aliphatic rings. The van der Waals surface area contributed by atoms with Crippen LogP contribution in [0.4, 0.5) is 11.4 Å². The normalized spacial score (nSPS) is 23.3. The van der Waals surface area contributed by atoms with Gasteiger partial charge in [0.1, 0.15) is 5.75 Å². The molecule has 0 spiro atoms. The quantitative estimate of drug-likeness (QED) is 0.467. The number of nitrogens with zero attached hydrogens (tertiary/aromatic N) is 1. The summed E-state index contributed by atoms with van der Waals surface area (Å²) in [5, 5.41) is 14.6. The first-order chi connectivity index (χ1) is 12.5. The second kappa shape index (κ2) is 6.48. The Morgan fingerprint density at radius 2 is 1.96 bits per heavy atom. The van der Waals surface area contributed by atoms with Gasteiger partial charge in [-0.2, -0.15) is 0 Å². The molecular formula is C21H22N2O3. The van der Waals surface area contributed by atoms with E-state index in [0.717, 1.165) is 23.4 Å². The molecule has 5 nitrogen and oxygen atoms in total. The second-order valence-electron chi connectivity index (χ2n) is 7.21. The van der Waals surface area contributed by atoms with E-state index in [1.165, 1.54) is 5.56 Å². The summed E-state index contributed by atoms with van der Waals surface area (Å²) >= 11 is 0. The Bertz CT molecular complexity index is 858. The van der Waals surface area contributed by atoms with Crippen LogP contribution in [0, 0.1) is 16.0 Å². The summed E-state index contributed by atoms with van der Waals surface area (Å²) in [5.41, 5.74) is 3.49. The maximum atomic E-state index is 10.9. The van der Waals surface area contributed by atoms with E-state index in [0.29, 0.717) is 11.8 Å². The molecule has 0 radical (unpaired) electrons. The molecule has 1 heterocycles. The van der Waals surface area contributed by atoms with Gasteiger partial charge in [0.15, 0.2) is 0 Å². The predicted molar refractivity (Wildman–Crippen MR) is 102 cm³/mol. The number of nitro groups is 1. The highest BCUT2D eigenvalue weighted by atomic mass is 16.6. The van der Waals surface area contributed by atoms with Crippen molar-refractivity contribution < 1.29 is 9.66 Å². The molecule has 3 unspecified atom stereocenters. The van der Waals surface area contributed by atoms with Crippen LogP contribution in [0.3, 0.4) is 0 Å². The number of hydrogen-bond donors (Lipinski definition) is 1. The highest BCUT2D eigenvalue weighted by Gasteiger charge is 2.39. The fourth-order valence-electron chi connectivity index (χ4n) is 4.08. The molecular weight excluding hydrogens is 328 g/mol. The summed E-state index contributed by atoms with van der Waals surface area (Å²) in [4.78, 5) is 10.6. The van der Waals surface area contributed by atoms with Crippen molar-refractivity contribution in [2.45, 2.75) is 38.3 Å². The van der Waals surface area contributed by atoms with Crippen LogP contribution in [-0.4, -0.2) is 11.0 Å². The van der Waals surface area contributed by atoms with Gasteiger partial charge in [0.25, 0.3) is 5.69 Å². The summed E-state index contributed by atoms with van der Waals surface area (Å²) in [6.07, 6.45) is 5.61. The molecule has 134 valence electrons. The first-order valence-electron chi connectivity index (χ1n) is 9.01. The Hall–Kier alpha value is -2.82. The van der Waals surface area contributed by atoms with E-state index in [1.807, 2.05) is 38.1 Å². The highest BCUT2D eigenvalue weighted by molar-refractivity contribution is 5.67. The number of nitro benzene ring substituents is 1. The molecule has 0 saturated heterocycles. The van der Waals surface area contributed by atoms with Crippen molar-refractivity contribution in [2.24, 2.45) is 5.92 Å². The number of para-hydroxylation sites is 1. The van der Waals surface area contributed by atoms with Crippen molar-refractivity contribution in [1.82, 2.24) is 0 Å². The molecule has 0 amide bonds. The molecule has 26 heavy (non-hydrogen) atoms. The van der Waals surface area contributed by atoms with Crippen molar-refractivity contribution in [1.29, 1.82) is 0 Å². The van der Waals surface area contributed by atoms with Crippen molar-refractivity contribution in [3.63, 3.8) is 0 Å². The van der Waals surface area contributed by atoms with E-state index in [1.54, 1.807) is 12.1 Å². The van der Waals surface area contributed by atoms with Gasteiger partial charge in [-0.3, -0.25) is 10.1 Å². The van der Waals surface area contributed by atoms with Gasteiger partial charge in [0.2, 0.25) is 0 Å². The fraction of sp³-hybridized carbons (Fsp3) is 0.333. The molecule has 0 saturated carbocycles. The molecule has 1 N–H and O–H groups in total. The predicted octanol–water partition coefficient (Wildman–Crippen LogP) is 5.21. The van der Waals surface area contributed by atoms with Crippen LogP contribution < -0.4 is 10.1 Å². The number of ether oxygens (including phenoxy) is 1. The zero-order chi connectivity index (χ0) is 18.3. The molecule has 4 rings (SSSR count). The standard InChI is InChI=1S/C21H22N2O3/c1-13(2)26-19-8-4-7-18-16-5-3-6-17(16)20(22-21(18)19)14-9-11-15(12-10-14)23(24)25/h3-5,7-13,16-17,20,22H,6H2,1-2H3. The van der Waals surface area contributed by atoms with Gasteiger partial charge in [-0.25, -0.2) is 0 Å². The number of anilines is 1. The van der Waals surface area contributed by atoms with Crippen LogP contribution >= 0.6 is 0 Å². The van der Waals surface area contributed by atoms with Crippen LogP contribution in [0.1, 0.15) is 43.4 Å². The molecule has 2 aromatic carbocycles. The third kappa shape index (κ3) is 2.83. The van der Waals surface area contributed by atoms with Gasteiger partial charge in [-0.15, -0.1) is 0 Å². The maximum Gasteiger partial charge on any atom is 0.269 e. The van der Waals surface area contributed by atoms with E-state index in [-0.39, 0.29) is 22.8 Å². The van der Waals surface area contributed by atoms with Gasteiger partial charge in [-0.05, 0) is 43.4 Å². The molecule has 0 bridgehead atoms. The Morgan fingerprint density at radius 1 is 1.19 bits per heavy atom. The van der Waals surface area contributed by atoms with E-state index >= 15 is 0 Å². The lowest BCUT2D eigenvalue weighted by Gasteiger charge is -2.38. The molecule has 3 atom stereocenters. The summed E-state index contributed by atoms with van der Waals surface area (Å²) in [6.45, 7) is 4.04. The van der Waals surface area contributed by atoms with Crippen LogP contribution in [0.5, 0.6) is 5.75 Å². The van der Waals surface area contributed by atoms with Crippen LogP contribution in [0.15, 0.2) is 54.6 Å². The first-order valence-corrected chi connectivity index (χ1v) is 9.01. The summed E-state index contributed by atoms with van der Waals surface area (Å²) in [7, 11) is 0. The molecule has 1 aliphatic heterocycles. The minimum absolute atomic E-state index is 0.0953. The van der Waals surface area contributed by atoms with E-state index in [4.69, 9.17) is 4.74 Å².